The number of sulfonamides is 1. The van der Waals surface area contributed by atoms with Crippen LogP contribution in [0.5, 0.6) is 0 Å². The molecule has 0 saturated heterocycles. The van der Waals surface area contributed by atoms with Crippen LogP contribution < -0.4 is 10.6 Å². The van der Waals surface area contributed by atoms with Gasteiger partial charge in [-0.2, -0.15) is 0 Å². The van der Waals surface area contributed by atoms with Crippen molar-refractivity contribution >= 4 is 27.7 Å². The Hall–Kier alpha value is -3.34. The van der Waals surface area contributed by atoms with Crippen LogP contribution in [0, 0.1) is 11.6 Å². The van der Waals surface area contributed by atoms with Gasteiger partial charge >= 0.3 is 0 Å². The lowest BCUT2D eigenvalue weighted by atomic mass is 10.0. The fraction of sp³-hybridized carbons (Fsp3) is 0.250. The SMILES string of the molecule is CNC(=O)C(NC(=O)c1ccc2c(c1)S(=O)(=O)N(C(C)C)C2=O)c1ccc(F)c(F)c1. The summed E-state index contributed by atoms with van der Waals surface area (Å²) in [6.45, 7) is 3.09. The highest BCUT2D eigenvalue weighted by molar-refractivity contribution is 7.90. The van der Waals surface area contributed by atoms with E-state index in [1.54, 1.807) is 13.8 Å². The number of rotatable bonds is 5. The molecule has 1 atom stereocenters. The maximum Gasteiger partial charge on any atom is 0.269 e. The molecule has 0 spiro atoms. The van der Waals surface area contributed by atoms with Gasteiger partial charge in [-0.1, -0.05) is 6.07 Å². The molecule has 0 aliphatic carbocycles. The molecule has 2 aromatic rings. The van der Waals surface area contributed by atoms with Gasteiger partial charge in [0.25, 0.3) is 21.8 Å². The lowest BCUT2D eigenvalue weighted by molar-refractivity contribution is -0.122. The fourth-order valence-electron chi connectivity index (χ4n) is 3.25. The Balaban J connectivity index is 1.96. The van der Waals surface area contributed by atoms with E-state index in [4.69, 9.17) is 0 Å². The van der Waals surface area contributed by atoms with E-state index < -0.39 is 51.5 Å². The summed E-state index contributed by atoms with van der Waals surface area (Å²) >= 11 is 0. The highest BCUT2D eigenvalue weighted by Crippen LogP contribution is 2.32. The third kappa shape index (κ3) is 3.88. The summed E-state index contributed by atoms with van der Waals surface area (Å²) in [5.41, 5.74) is -0.201. The number of nitrogens with one attached hydrogen (secondary N) is 2. The molecule has 1 aliphatic heterocycles. The van der Waals surface area contributed by atoms with Gasteiger partial charge in [-0.25, -0.2) is 21.5 Å². The third-order valence-corrected chi connectivity index (χ3v) is 6.74. The quantitative estimate of drug-likeness (QED) is 0.719. The third-order valence-electron chi connectivity index (χ3n) is 4.74. The number of hydrogen-bond donors (Lipinski definition) is 2. The maximum atomic E-state index is 13.6. The molecule has 1 heterocycles. The van der Waals surface area contributed by atoms with E-state index in [2.05, 4.69) is 10.6 Å². The Kier molecular flexibility index (Phi) is 5.81. The monoisotopic (exact) mass is 451 g/mol. The van der Waals surface area contributed by atoms with Gasteiger partial charge in [0.15, 0.2) is 11.6 Å². The first kappa shape index (κ1) is 22.3. The number of halogens is 2. The largest absolute Gasteiger partial charge is 0.357 e. The van der Waals surface area contributed by atoms with E-state index in [-0.39, 0.29) is 21.6 Å². The van der Waals surface area contributed by atoms with Crippen molar-refractivity contribution in [1.82, 2.24) is 14.9 Å². The van der Waals surface area contributed by atoms with Gasteiger partial charge in [0.05, 0.1) is 5.56 Å². The van der Waals surface area contributed by atoms with Crippen molar-refractivity contribution in [3.05, 3.63) is 64.7 Å². The van der Waals surface area contributed by atoms with Crippen LogP contribution in [0.15, 0.2) is 41.3 Å². The van der Waals surface area contributed by atoms with Crippen molar-refractivity contribution in [3.8, 4) is 0 Å². The topological polar surface area (TPSA) is 113 Å². The second-order valence-electron chi connectivity index (χ2n) is 7.10. The molecule has 2 aromatic carbocycles. The molecule has 3 amide bonds. The highest BCUT2D eigenvalue weighted by Gasteiger charge is 2.43. The number of carbonyl (C=O) groups excluding carboxylic acids is 3. The Morgan fingerprint density at radius 1 is 1.03 bits per heavy atom. The van der Waals surface area contributed by atoms with E-state index in [0.29, 0.717) is 0 Å². The van der Waals surface area contributed by atoms with Crippen LogP contribution in [0.25, 0.3) is 0 Å². The van der Waals surface area contributed by atoms with E-state index in [0.717, 1.165) is 28.6 Å². The zero-order chi connectivity index (χ0) is 23.1. The fourth-order valence-corrected chi connectivity index (χ4v) is 5.04. The van der Waals surface area contributed by atoms with Crippen LogP contribution in [0.2, 0.25) is 0 Å². The van der Waals surface area contributed by atoms with Crippen LogP contribution in [0.4, 0.5) is 8.78 Å². The zero-order valence-corrected chi connectivity index (χ0v) is 17.6. The van der Waals surface area contributed by atoms with Crippen LogP contribution in [0.3, 0.4) is 0 Å². The molecule has 0 aromatic heterocycles. The minimum atomic E-state index is -4.13. The van der Waals surface area contributed by atoms with E-state index in [1.165, 1.54) is 19.2 Å². The van der Waals surface area contributed by atoms with Crippen LogP contribution in [-0.2, 0) is 14.8 Å². The van der Waals surface area contributed by atoms with E-state index >= 15 is 0 Å². The minimum absolute atomic E-state index is 0.0125. The van der Waals surface area contributed by atoms with Gasteiger partial charge in [0, 0.05) is 18.7 Å². The molecule has 31 heavy (non-hydrogen) atoms. The Morgan fingerprint density at radius 2 is 1.71 bits per heavy atom. The molecule has 11 heteroatoms. The molecule has 3 rings (SSSR count). The average molecular weight is 451 g/mol. The van der Waals surface area contributed by atoms with Crippen molar-refractivity contribution in [2.24, 2.45) is 0 Å². The first-order valence-corrected chi connectivity index (χ1v) is 10.6. The summed E-state index contributed by atoms with van der Waals surface area (Å²) in [6, 6.07) is 4.27. The molecule has 0 saturated carbocycles. The summed E-state index contributed by atoms with van der Waals surface area (Å²) in [5.74, 6) is -4.55. The minimum Gasteiger partial charge on any atom is -0.357 e. The Bertz CT molecular complexity index is 1200. The molecule has 2 N–H and O–H groups in total. The van der Waals surface area contributed by atoms with Gasteiger partial charge in [-0.15, -0.1) is 0 Å². The molecule has 1 unspecified atom stereocenters. The number of hydrogen-bond acceptors (Lipinski definition) is 5. The Morgan fingerprint density at radius 3 is 2.29 bits per heavy atom. The number of benzene rings is 2. The van der Waals surface area contributed by atoms with Crippen LogP contribution in [-0.4, -0.2) is 43.5 Å². The van der Waals surface area contributed by atoms with Gasteiger partial charge in [-0.3, -0.25) is 14.4 Å². The average Bonchev–Trinajstić information content (AvgIpc) is 2.92. The van der Waals surface area contributed by atoms with E-state index in [1.807, 2.05) is 0 Å². The summed E-state index contributed by atoms with van der Waals surface area (Å²) in [6.07, 6.45) is 0. The molecule has 0 radical (unpaired) electrons. The van der Waals surface area contributed by atoms with Gasteiger partial charge in [-0.05, 0) is 49.7 Å². The van der Waals surface area contributed by atoms with E-state index in [9.17, 15) is 31.6 Å². The summed E-state index contributed by atoms with van der Waals surface area (Å²) in [7, 11) is -2.83. The second kappa shape index (κ2) is 8.06. The zero-order valence-electron chi connectivity index (χ0n) is 16.8. The number of carbonyl (C=O) groups is 3. The highest BCUT2D eigenvalue weighted by atomic mass is 32.2. The standard InChI is InChI=1S/C20H19F2N3O5S/c1-10(2)25-20(28)13-6-4-12(9-16(13)31(25,29)30)18(26)24-17(19(27)23-3)11-5-7-14(21)15(22)8-11/h4-10,17H,1-3H3,(H,23,27)(H,24,26). The summed E-state index contributed by atoms with van der Waals surface area (Å²) in [5, 5.41) is 4.69. The Labute approximate surface area is 177 Å². The predicted molar refractivity (Wildman–Crippen MR) is 106 cm³/mol. The molecular formula is C20H19F2N3O5S. The smallest absolute Gasteiger partial charge is 0.269 e. The normalized spacial score (nSPS) is 15.5. The summed E-state index contributed by atoms with van der Waals surface area (Å²) in [4.78, 5) is 37.1. The molecule has 0 bridgehead atoms. The lowest BCUT2D eigenvalue weighted by Gasteiger charge is -2.19. The number of nitrogens with zero attached hydrogens (tertiary/aromatic N) is 1. The number of amides is 3. The second-order valence-corrected chi connectivity index (χ2v) is 8.89. The molecule has 8 nitrogen and oxygen atoms in total. The van der Waals surface area contributed by atoms with Crippen molar-refractivity contribution in [2.75, 3.05) is 7.05 Å². The van der Waals surface area contributed by atoms with Crippen LogP contribution >= 0.6 is 0 Å². The predicted octanol–water partition coefficient (Wildman–Crippen LogP) is 1.73. The number of likely N-dealkylation sites (N-methyl/N-ethyl adjacent to an activating group) is 1. The molecule has 0 fully saturated rings. The van der Waals surface area contributed by atoms with Crippen LogP contribution in [0.1, 0.15) is 46.2 Å². The van der Waals surface area contributed by atoms with Gasteiger partial charge in [0.2, 0.25) is 5.91 Å². The first-order valence-electron chi connectivity index (χ1n) is 9.19. The van der Waals surface area contributed by atoms with Gasteiger partial charge in [0.1, 0.15) is 10.9 Å². The number of fused-ring (bicyclic) bond motifs is 1. The van der Waals surface area contributed by atoms with Crippen molar-refractivity contribution in [1.29, 1.82) is 0 Å². The van der Waals surface area contributed by atoms with Crippen molar-refractivity contribution in [3.63, 3.8) is 0 Å². The van der Waals surface area contributed by atoms with Gasteiger partial charge < -0.3 is 10.6 Å². The first-order chi connectivity index (χ1) is 14.5. The molecular weight excluding hydrogens is 432 g/mol. The summed E-state index contributed by atoms with van der Waals surface area (Å²) < 4.78 is 53.0. The van der Waals surface area contributed by atoms with Crippen molar-refractivity contribution < 1.29 is 31.6 Å². The maximum absolute atomic E-state index is 13.6. The molecule has 164 valence electrons. The lowest BCUT2D eigenvalue weighted by Crippen LogP contribution is -2.39. The van der Waals surface area contributed by atoms with Crippen molar-refractivity contribution in [2.45, 2.75) is 30.8 Å². The molecule has 1 aliphatic rings.